The van der Waals surface area contributed by atoms with Gasteiger partial charge in [0.05, 0.1) is 0 Å². The first-order valence-electron chi connectivity index (χ1n) is 2.44. The van der Waals surface area contributed by atoms with Gasteiger partial charge < -0.3 is 12.3 Å². The molecule has 0 aromatic heterocycles. The molecule has 0 saturated heterocycles. The first-order chi connectivity index (χ1) is 3.91. The zero-order valence-electron chi connectivity index (χ0n) is 5.05. The normalized spacial score (nSPS) is 14.2. The van der Waals surface area contributed by atoms with Crippen molar-refractivity contribution < 1.29 is 12.3 Å². The van der Waals surface area contributed by atoms with Crippen LogP contribution in [-0.2, 0) is 12.3 Å². The third kappa shape index (κ3) is 6.75. The van der Waals surface area contributed by atoms with E-state index in [0.29, 0.717) is 0 Å². The minimum atomic E-state index is -0.627. The van der Waals surface area contributed by atoms with Crippen molar-refractivity contribution in [1.29, 1.82) is 0 Å². The molecule has 0 aromatic carbocycles. The zero-order valence-corrected chi connectivity index (χ0v) is 10.7. The summed E-state index contributed by atoms with van der Waals surface area (Å²) in [5.41, 5.74) is 0. The molecule has 3 nitrogen and oxygen atoms in total. The van der Waals surface area contributed by atoms with Gasteiger partial charge in [-0.1, -0.05) is 6.55 Å². The maximum atomic E-state index is 5.15. The van der Waals surface area contributed by atoms with Crippen molar-refractivity contribution in [3.63, 3.8) is 0 Å². The lowest BCUT2D eigenvalue weighted by Crippen LogP contribution is -2.10. The average molecular weight is 183 g/mol. The predicted molar refractivity (Wildman–Crippen MR) is 43.3 cm³/mol. The van der Waals surface area contributed by atoms with Gasteiger partial charge >= 0.3 is 0 Å². The summed E-state index contributed by atoms with van der Waals surface area (Å²) in [6.07, 6.45) is 0. The highest BCUT2D eigenvalue weighted by atomic mass is 28.4. The SMILES string of the molecule is C[SiH2]O[SiH2]O[SiH2]O[SiH2]. The Morgan fingerprint density at radius 1 is 1.25 bits per heavy atom. The van der Waals surface area contributed by atoms with Crippen molar-refractivity contribution in [2.75, 3.05) is 0 Å². The third-order valence-corrected chi connectivity index (χ3v) is 4.84. The molecule has 0 aromatic rings. The summed E-state index contributed by atoms with van der Waals surface area (Å²) in [4.78, 5) is 0. The fourth-order valence-electron chi connectivity index (χ4n) is 0.235. The van der Waals surface area contributed by atoms with Crippen LogP contribution >= 0.6 is 0 Å². The van der Waals surface area contributed by atoms with E-state index in [9.17, 15) is 0 Å². The van der Waals surface area contributed by atoms with E-state index in [-0.39, 0.29) is 9.76 Å². The van der Waals surface area contributed by atoms with E-state index in [4.69, 9.17) is 12.3 Å². The van der Waals surface area contributed by atoms with E-state index < -0.39 is 20.0 Å². The van der Waals surface area contributed by atoms with E-state index in [2.05, 4.69) is 6.55 Å². The fourth-order valence-corrected chi connectivity index (χ4v) is 4.24. The number of hydrogen-bond acceptors (Lipinski definition) is 3. The van der Waals surface area contributed by atoms with Crippen LogP contribution in [-0.4, -0.2) is 40.3 Å². The first-order valence-corrected chi connectivity index (χ1v) is 7.32. The molecule has 0 unspecified atom stereocenters. The van der Waals surface area contributed by atoms with Crippen LogP contribution < -0.4 is 0 Å². The van der Waals surface area contributed by atoms with E-state index in [1.807, 2.05) is 0 Å². The van der Waals surface area contributed by atoms with Crippen LogP contribution in [0.3, 0.4) is 0 Å². The highest BCUT2D eigenvalue weighted by molar-refractivity contribution is 6.44. The van der Waals surface area contributed by atoms with Gasteiger partial charge in [-0.2, -0.15) is 0 Å². The molecule has 7 heteroatoms. The lowest BCUT2D eigenvalue weighted by atomic mass is 11.9. The molecule has 0 bridgehead atoms. The summed E-state index contributed by atoms with van der Waals surface area (Å²) in [6.45, 7) is 2.10. The summed E-state index contributed by atoms with van der Waals surface area (Å²) >= 11 is 0. The summed E-state index contributed by atoms with van der Waals surface area (Å²) in [7, 11) is 0.0685. The van der Waals surface area contributed by atoms with Gasteiger partial charge in [0.15, 0.2) is 10.5 Å². The average Bonchev–Trinajstić information content (AvgIpc) is 1.81. The van der Waals surface area contributed by atoms with E-state index in [0.717, 1.165) is 0 Å². The van der Waals surface area contributed by atoms with Crippen molar-refractivity contribution in [1.82, 2.24) is 0 Å². The first kappa shape index (κ1) is 8.75. The molecule has 8 heavy (non-hydrogen) atoms. The van der Waals surface area contributed by atoms with Crippen molar-refractivity contribution in [2.24, 2.45) is 0 Å². The quantitative estimate of drug-likeness (QED) is 0.330. The Balaban J connectivity index is 2.53. The second-order valence-corrected chi connectivity index (χ2v) is 7.08. The van der Waals surface area contributed by atoms with Crippen LogP contribution in [0, 0.1) is 0 Å². The van der Waals surface area contributed by atoms with Crippen LogP contribution in [0.15, 0.2) is 0 Å². The standard InChI is InChI=1S/CH11O3Si4/c1-6-3-8-4-7-2-5/h5-8H2,1H3. The number of rotatable bonds is 5. The molecule has 0 N–H and O–H groups in total. The molecule has 0 spiro atoms. The van der Waals surface area contributed by atoms with Crippen molar-refractivity contribution >= 4 is 40.3 Å². The largest absolute Gasteiger partial charge is 0.447 e. The van der Waals surface area contributed by atoms with Gasteiger partial charge in [0.2, 0.25) is 0 Å². The molecule has 0 amide bonds. The van der Waals surface area contributed by atoms with E-state index in [1.54, 1.807) is 0 Å². The highest BCUT2D eigenvalue weighted by Gasteiger charge is 1.83. The van der Waals surface area contributed by atoms with Gasteiger partial charge in [0.25, 0.3) is 20.0 Å². The van der Waals surface area contributed by atoms with Crippen LogP contribution in [0.4, 0.5) is 0 Å². The van der Waals surface area contributed by atoms with Gasteiger partial charge in [0.1, 0.15) is 9.76 Å². The molecule has 0 saturated carbocycles. The van der Waals surface area contributed by atoms with Crippen LogP contribution in [0.5, 0.6) is 0 Å². The monoisotopic (exact) mass is 183 g/mol. The Morgan fingerprint density at radius 2 is 2.00 bits per heavy atom. The van der Waals surface area contributed by atoms with Gasteiger partial charge in [-0.15, -0.1) is 0 Å². The maximum Gasteiger partial charge on any atom is 0.284 e. The number of hydrogen-bond donors (Lipinski definition) is 0. The third-order valence-electron chi connectivity index (χ3n) is 0.537. The molecule has 0 aliphatic rings. The molecule has 0 atom stereocenters. The Morgan fingerprint density at radius 3 is 2.50 bits per heavy atom. The summed E-state index contributed by atoms with van der Waals surface area (Å²) in [6, 6.07) is 0. The van der Waals surface area contributed by atoms with E-state index >= 15 is 0 Å². The molecule has 0 rings (SSSR count). The zero-order chi connectivity index (χ0) is 6.24. The maximum absolute atomic E-state index is 5.15. The van der Waals surface area contributed by atoms with Crippen molar-refractivity contribution in [2.45, 2.75) is 6.55 Å². The van der Waals surface area contributed by atoms with Crippen LogP contribution in [0.25, 0.3) is 0 Å². The molecule has 1 radical (unpaired) electrons. The minimum absolute atomic E-state index is 0.208. The molecular weight excluding hydrogens is 172 g/mol. The van der Waals surface area contributed by atoms with Gasteiger partial charge in [-0.05, 0) is 0 Å². The lowest BCUT2D eigenvalue weighted by molar-refractivity contribution is 0.440. The molecule has 49 valence electrons. The van der Waals surface area contributed by atoms with Crippen molar-refractivity contribution in [3.05, 3.63) is 0 Å². The van der Waals surface area contributed by atoms with E-state index in [1.165, 1.54) is 10.5 Å². The molecule has 0 fully saturated rings. The smallest absolute Gasteiger partial charge is 0.284 e. The molecule has 0 heterocycles. The second kappa shape index (κ2) is 7.75. The Labute approximate surface area is 59.7 Å². The van der Waals surface area contributed by atoms with Crippen LogP contribution in [0.2, 0.25) is 6.55 Å². The topological polar surface area (TPSA) is 27.7 Å². The minimum Gasteiger partial charge on any atom is -0.447 e. The second-order valence-electron chi connectivity index (χ2n) is 1.14. The highest BCUT2D eigenvalue weighted by Crippen LogP contribution is 1.68. The lowest BCUT2D eigenvalue weighted by Gasteiger charge is -1.99. The Hall–Kier alpha value is 0.748. The summed E-state index contributed by atoms with van der Waals surface area (Å²) in [5.74, 6) is 0. The van der Waals surface area contributed by atoms with Crippen molar-refractivity contribution in [3.8, 4) is 0 Å². The fraction of sp³-hybridized carbons (Fsp3) is 1.00. The molecule has 0 aliphatic carbocycles. The van der Waals surface area contributed by atoms with Crippen LogP contribution in [0.1, 0.15) is 0 Å². The molecular formula is CH11O3Si4. The summed E-state index contributed by atoms with van der Waals surface area (Å²) < 4.78 is 15.1. The Bertz CT molecular complexity index is 36.3. The van der Waals surface area contributed by atoms with Gasteiger partial charge in [0, 0.05) is 0 Å². The summed E-state index contributed by atoms with van der Waals surface area (Å²) in [5, 5.41) is 0. The predicted octanol–water partition coefficient (Wildman–Crippen LogP) is -3.29. The van der Waals surface area contributed by atoms with Gasteiger partial charge in [-0.25, -0.2) is 0 Å². The van der Waals surface area contributed by atoms with Gasteiger partial charge in [-0.3, -0.25) is 0 Å². The Kier molecular flexibility index (Phi) is 8.47. The molecule has 0 aliphatic heterocycles.